The number of rotatable bonds is 9. The number of allylic oxidation sites excluding steroid dienone is 1. The highest BCUT2D eigenvalue weighted by Gasteiger charge is 2.42. The van der Waals surface area contributed by atoms with Crippen molar-refractivity contribution < 1.29 is 18.7 Å². The first kappa shape index (κ1) is 25.7. The Labute approximate surface area is 214 Å². The van der Waals surface area contributed by atoms with Crippen LogP contribution in [0, 0.1) is 5.82 Å². The quantitative estimate of drug-likeness (QED) is 0.512. The third-order valence-corrected chi connectivity index (χ3v) is 6.74. The summed E-state index contributed by atoms with van der Waals surface area (Å²) in [6.45, 7) is 3.04. The molecule has 1 amide bonds. The van der Waals surface area contributed by atoms with Crippen molar-refractivity contribution in [1.82, 2.24) is 15.1 Å². The number of nitrogens with one attached hydrogen (secondary N) is 1. The topological polar surface area (TPSA) is 74.2 Å². The highest BCUT2D eigenvalue weighted by atomic mass is 32.2. The minimum atomic E-state index is -0.808. The molecule has 0 aliphatic carbocycles. The molecule has 0 fully saturated rings. The van der Waals surface area contributed by atoms with Gasteiger partial charge in [0.05, 0.1) is 23.7 Å². The van der Waals surface area contributed by atoms with E-state index in [9.17, 15) is 9.59 Å². The highest BCUT2D eigenvalue weighted by molar-refractivity contribution is 8.16. The van der Waals surface area contributed by atoms with Crippen LogP contribution in [0.15, 0.2) is 82.0 Å². The molecule has 9 heteroatoms. The van der Waals surface area contributed by atoms with Gasteiger partial charge >= 0.3 is 5.97 Å². The minimum Gasteiger partial charge on any atom is -0.457 e. The zero-order chi connectivity index (χ0) is 25.7. The molecule has 0 bridgehead atoms. The van der Waals surface area contributed by atoms with Crippen LogP contribution < -0.4 is 5.32 Å². The van der Waals surface area contributed by atoms with Crippen molar-refractivity contribution in [3.8, 4) is 0 Å². The van der Waals surface area contributed by atoms with Crippen LogP contribution in [0.4, 0.5) is 4.39 Å². The van der Waals surface area contributed by atoms with Crippen LogP contribution in [0.25, 0.3) is 0 Å². The van der Waals surface area contributed by atoms with E-state index in [1.54, 1.807) is 30.0 Å². The van der Waals surface area contributed by atoms with E-state index >= 15 is 4.39 Å². The molecular weight excluding hydrogens is 479 g/mol. The monoisotopic (exact) mass is 508 g/mol. The lowest BCUT2D eigenvalue weighted by atomic mass is 9.93. The van der Waals surface area contributed by atoms with Gasteiger partial charge in [0, 0.05) is 24.4 Å². The summed E-state index contributed by atoms with van der Waals surface area (Å²) in [5.74, 6) is -1.17. The third-order valence-electron chi connectivity index (χ3n) is 5.86. The van der Waals surface area contributed by atoms with Gasteiger partial charge in [0.25, 0.3) is 0 Å². The van der Waals surface area contributed by atoms with Crippen LogP contribution in [0.1, 0.15) is 30.5 Å². The summed E-state index contributed by atoms with van der Waals surface area (Å²) in [5.41, 5.74) is 2.53. The van der Waals surface area contributed by atoms with E-state index in [2.05, 4.69) is 10.3 Å². The summed E-state index contributed by atoms with van der Waals surface area (Å²) in [6, 6.07) is 14.9. The van der Waals surface area contributed by atoms with Crippen LogP contribution in [0.2, 0.25) is 0 Å². The lowest BCUT2D eigenvalue weighted by Gasteiger charge is -2.36. The number of halogens is 1. The smallest absolute Gasteiger partial charge is 0.338 e. The van der Waals surface area contributed by atoms with Crippen molar-refractivity contribution in [2.75, 3.05) is 27.2 Å². The van der Waals surface area contributed by atoms with Crippen molar-refractivity contribution in [3.05, 3.63) is 93.9 Å². The van der Waals surface area contributed by atoms with Gasteiger partial charge in [-0.1, -0.05) is 60.3 Å². The number of esters is 1. The van der Waals surface area contributed by atoms with Crippen LogP contribution in [-0.2, 0) is 20.9 Å². The van der Waals surface area contributed by atoms with Gasteiger partial charge < -0.3 is 19.9 Å². The van der Waals surface area contributed by atoms with E-state index in [-0.39, 0.29) is 24.5 Å². The molecule has 1 N–H and O–H groups in total. The Morgan fingerprint density at radius 1 is 1.14 bits per heavy atom. The molecule has 7 nitrogen and oxygen atoms in total. The Morgan fingerprint density at radius 2 is 1.86 bits per heavy atom. The molecule has 0 radical (unpaired) electrons. The van der Waals surface area contributed by atoms with Gasteiger partial charge in [-0.3, -0.25) is 4.79 Å². The van der Waals surface area contributed by atoms with Crippen molar-refractivity contribution in [2.45, 2.75) is 26.0 Å². The predicted molar refractivity (Wildman–Crippen MR) is 139 cm³/mol. The summed E-state index contributed by atoms with van der Waals surface area (Å²) in [6.07, 6.45) is 0.0792. The minimum absolute atomic E-state index is 0.0792. The molecule has 2 aliphatic heterocycles. The third kappa shape index (κ3) is 5.85. The molecule has 2 aliphatic rings. The maximum absolute atomic E-state index is 15.1. The van der Waals surface area contributed by atoms with E-state index in [1.807, 2.05) is 54.7 Å². The van der Waals surface area contributed by atoms with Crippen LogP contribution in [0.3, 0.4) is 0 Å². The highest BCUT2D eigenvalue weighted by Crippen LogP contribution is 2.45. The number of hydrogen-bond acceptors (Lipinski definition) is 7. The van der Waals surface area contributed by atoms with Gasteiger partial charge in [0.2, 0.25) is 5.91 Å². The fraction of sp³-hybridized carbons (Fsp3) is 0.296. The second kappa shape index (κ2) is 11.5. The number of carbonyl (C=O) groups is 2. The van der Waals surface area contributed by atoms with Crippen molar-refractivity contribution in [2.24, 2.45) is 4.99 Å². The Balaban J connectivity index is 1.62. The zero-order valence-electron chi connectivity index (χ0n) is 20.5. The molecule has 2 aromatic rings. The van der Waals surface area contributed by atoms with E-state index in [0.29, 0.717) is 35.2 Å². The number of thioether (sulfide) groups is 1. The van der Waals surface area contributed by atoms with Gasteiger partial charge in [-0.15, -0.1) is 0 Å². The summed E-state index contributed by atoms with van der Waals surface area (Å²) in [5, 5.41) is 5.34. The summed E-state index contributed by atoms with van der Waals surface area (Å²) >= 11 is 1.35. The SMILES string of the molecule is CC1=C(C(=O)OCc2ccccc2)C(c2ccccc2F)N2C(CC(=O)NCCN(C)C)=CSC2=N1. The number of aliphatic imine (C=N–C) groups is 1. The van der Waals surface area contributed by atoms with Crippen LogP contribution in [0.5, 0.6) is 0 Å². The summed E-state index contributed by atoms with van der Waals surface area (Å²) in [7, 11) is 3.87. The molecule has 2 aromatic carbocycles. The lowest BCUT2D eigenvalue weighted by Crippen LogP contribution is -2.39. The van der Waals surface area contributed by atoms with Crippen LogP contribution in [-0.4, -0.2) is 54.0 Å². The average Bonchev–Trinajstić information content (AvgIpc) is 3.24. The van der Waals surface area contributed by atoms with Gasteiger partial charge in [-0.25, -0.2) is 14.2 Å². The van der Waals surface area contributed by atoms with E-state index < -0.39 is 17.8 Å². The standard InChI is InChI=1S/C27H29FN4O3S/c1-18-24(26(34)35-16-19-9-5-4-6-10-19)25(21-11-7-8-12-22(21)28)32-20(17-36-27(32)30-18)15-23(33)29-13-14-31(2)3/h4-12,17,25H,13-16H2,1-3H3,(H,29,33). The number of amidine groups is 1. The van der Waals surface area contributed by atoms with Crippen molar-refractivity contribution in [3.63, 3.8) is 0 Å². The fourth-order valence-electron chi connectivity index (χ4n) is 4.07. The first-order valence-corrected chi connectivity index (χ1v) is 12.5. The van der Waals surface area contributed by atoms with E-state index in [0.717, 1.165) is 5.56 Å². The first-order valence-electron chi connectivity index (χ1n) is 11.7. The second-order valence-electron chi connectivity index (χ2n) is 8.81. The molecule has 4 rings (SSSR count). The van der Waals surface area contributed by atoms with E-state index in [4.69, 9.17) is 4.74 Å². The number of amides is 1. The van der Waals surface area contributed by atoms with E-state index in [1.165, 1.54) is 17.8 Å². The molecule has 1 unspecified atom stereocenters. The Hall–Kier alpha value is -3.43. The van der Waals surface area contributed by atoms with Crippen LogP contribution >= 0.6 is 11.8 Å². The zero-order valence-corrected chi connectivity index (χ0v) is 21.3. The molecule has 0 spiro atoms. The first-order chi connectivity index (χ1) is 17.3. The maximum Gasteiger partial charge on any atom is 0.338 e. The number of carbonyl (C=O) groups excluding carboxylic acids is 2. The molecule has 0 saturated heterocycles. The summed E-state index contributed by atoms with van der Waals surface area (Å²) in [4.78, 5) is 34.5. The number of likely N-dealkylation sites (N-methyl/N-ethyl adjacent to an activating group) is 1. The molecule has 36 heavy (non-hydrogen) atoms. The molecule has 1 atom stereocenters. The number of hydrogen-bond donors (Lipinski definition) is 1. The van der Waals surface area contributed by atoms with Gasteiger partial charge in [0.15, 0.2) is 5.17 Å². The normalized spacial score (nSPS) is 17.0. The number of nitrogens with zero attached hydrogens (tertiary/aromatic N) is 3. The number of fused-ring (bicyclic) bond motifs is 1. The lowest BCUT2D eigenvalue weighted by molar-refractivity contribution is -0.141. The molecular formula is C27H29FN4O3S. The Morgan fingerprint density at radius 3 is 2.58 bits per heavy atom. The van der Waals surface area contributed by atoms with Gasteiger partial charge in [0.1, 0.15) is 12.4 Å². The second-order valence-corrected chi connectivity index (χ2v) is 9.64. The number of benzene rings is 2. The molecule has 0 saturated carbocycles. The van der Waals surface area contributed by atoms with Crippen molar-refractivity contribution in [1.29, 1.82) is 0 Å². The van der Waals surface area contributed by atoms with Gasteiger partial charge in [-0.05, 0) is 38.1 Å². The number of ether oxygens (including phenoxy) is 1. The molecule has 0 aromatic heterocycles. The predicted octanol–water partition coefficient (Wildman–Crippen LogP) is 4.21. The Bertz CT molecular complexity index is 1230. The molecule has 2 heterocycles. The maximum atomic E-state index is 15.1. The summed E-state index contributed by atoms with van der Waals surface area (Å²) < 4.78 is 20.8. The Kier molecular flexibility index (Phi) is 8.22. The average molecular weight is 509 g/mol. The fourth-order valence-corrected chi connectivity index (χ4v) is 5.03. The van der Waals surface area contributed by atoms with Gasteiger partial charge in [-0.2, -0.15) is 0 Å². The largest absolute Gasteiger partial charge is 0.457 e. The van der Waals surface area contributed by atoms with Crippen molar-refractivity contribution >= 4 is 28.8 Å². The molecule has 188 valence electrons.